The number of aliphatic hydroxyl groups excluding tert-OH is 1. The first-order chi connectivity index (χ1) is 14.8. The Hall–Kier alpha value is -2.70. The standard InChI is InChI=1S/C25H31N3O3/c1-16-4-6-19(7-5-16)23(30)20-8-11-27(12-9-20)13-10-21-18(3)26-24-22(29)14-17(2)15-28(24)25(21)31/h4-7,14-15,20,23,29-30H,8-13H2,1-3H3. The van der Waals surface area contributed by atoms with E-state index in [0.29, 0.717) is 23.3 Å². The molecule has 1 aromatic carbocycles. The van der Waals surface area contributed by atoms with Crippen LogP contribution < -0.4 is 5.56 Å². The minimum atomic E-state index is -0.421. The Bertz CT molecular complexity index is 1130. The molecule has 1 aliphatic rings. The number of pyridine rings is 1. The number of hydrogen-bond donors (Lipinski definition) is 2. The molecule has 0 radical (unpaired) electrons. The van der Waals surface area contributed by atoms with Gasteiger partial charge < -0.3 is 15.1 Å². The number of hydrogen-bond acceptors (Lipinski definition) is 5. The highest BCUT2D eigenvalue weighted by Crippen LogP contribution is 2.31. The van der Waals surface area contributed by atoms with Gasteiger partial charge in [0.25, 0.3) is 5.56 Å². The van der Waals surface area contributed by atoms with E-state index in [2.05, 4.69) is 16.8 Å². The molecule has 1 unspecified atom stereocenters. The number of aryl methyl sites for hydroxylation is 3. The van der Waals surface area contributed by atoms with Crippen molar-refractivity contribution < 1.29 is 10.2 Å². The van der Waals surface area contributed by atoms with Gasteiger partial charge in [0, 0.05) is 24.0 Å². The zero-order valence-corrected chi connectivity index (χ0v) is 18.5. The number of aliphatic hydroxyl groups is 1. The maximum Gasteiger partial charge on any atom is 0.261 e. The van der Waals surface area contributed by atoms with E-state index in [4.69, 9.17) is 0 Å². The molecule has 3 heterocycles. The van der Waals surface area contributed by atoms with Gasteiger partial charge in [0.15, 0.2) is 11.4 Å². The lowest BCUT2D eigenvalue weighted by Gasteiger charge is -2.34. The molecular weight excluding hydrogens is 390 g/mol. The van der Waals surface area contributed by atoms with Crippen LogP contribution in [0.5, 0.6) is 5.75 Å². The van der Waals surface area contributed by atoms with E-state index in [9.17, 15) is 15.0 Å². The van der Waals surface area contributed by atoms with Crippen LogP contribution in [0, 0.1) is 26.7 Å². The lowest BCUT2D eigenvalue weighted by atomic mass is 9.87. The Kier molecular flexibility index (Phi) is 6.12. The maximum absolute atomic E-state index is 13.0. The van der Waals surface area contributed by atoms with Crippen LogP contribution in [0.25, 0.3) is 5.65 Å². The van der Waals surface area contributed by atoms with Crippen LogP contribution in [0.2, 0.25) is 0 Å². The quantitative estimate of drug-likeness (QED) is 0.661. The van der Waals surface area contributed by atoms with Gasteiger partial charge >= 0.3 is 0 Å². The van der Waals surface area contributed by atoms with Gasteiger partial charge in [-0.1, -0.05) is 29.8 Å². The number of benzene rings is 1. The average Bonchev–Trinajstić information content (AvgIpc) is 2.75. The second kappa shape index (κ2) is 8.81. The van der Waals surface area contributed by atoms with Crippen molar-refractivity contribution in [2.75, 3.05) is 19.6 Å². The van der Waals surface area contributed by atoms with E-state index in [1.54, 1.807) is 12.3 Å². The van der Waals surface area contributed by atoms with Gasteiger partial charge in [-0.15, -0.1) is 0 Å². The molecular formula is C25H31N3O3. The van der Waals surface area contributed by atoms with Gasteiger partial charge in [0.2, 0.25) is 0 Å². The molecule has 1 aliphatic heterocycles. The number of rotatable bonds is 5. The molecule has 1 fully saturated rings. The summed E-state index contributed by atoms with van der Waals surface area (Å²) in [6.45, 7) is 8.34. The van der Waals surface area contributed by atoms with Crippen LogP contribution in [0.1, 0.15) is 46.9 Å². The van der Waals surface area contributed by atoms with Crippen molar-refractivity contribution in [3.8, 4) is 5.75 Å². The Morgan fingerprint density at radius 1 is 1.10 bits per heavy atom. The third-order valence-electron chi connectivity index (χ3n) is 6.52. The third kappa shape index (κ3) is 4.50. The van der Waals surface area contributed by atoms with Crippen molar-refractivity contribution in [3.05, 3.63) is 74.8 Å². The molecule has 31 heavy (non-hydrogen) atoms. The molecule has 2 aromatic heterocycles. The molecule has 164 valence electrons. The SMILES string of the molecule is Cc1ccc(C(O)C2CCN(CCc3c(C)nc4c(O)cc(C)cn4c3=O)CC2)cc1. The van der Waals surface area contributed by atoms with E-state index in [-0.39, 0.29) is 17.2 Å². The summed E-state index contributed by atoms with van der Waals surface area (Å²) in [6, 6.07) is 9.76. The van der Waals surface area contributed by atoms with Crippen LogP contribution in [-0.4, -0.2) is 44.1 Å². The van der Waals surface area contributed by atoms with Crippen LogP contribution in [0.4, 0.5) is 0 Å². The van der Waals surface area contributed by atoms with Crippen molar-refractivity contribution in [1.82, 2.24) is 14.3 Å². The number of likely N-dealkylation sites (tertiary alicyclic amines) is 1. The predicted molar refractivity (Wildman–Crippen MR) is 122 cm³/mol. The number of piperidine rings is 1. The van der Waals surface area contributed by atoms with E-state index in [1.165, 1.54) is 9.96 Å². The summed E-state index contributed by atoms with van der Waals surface area (Å²) in [5, 5.41) is 20.9. The van der Waals surface area contributed by atoms with Gasteiger partial charge in [0.1, 0.15) is 0 Å². The van der Waals surface area contributed by atoms with Gasteiger partial charge in [-0.3, -0.25) is 9.20 Å². The highest BCUT2D eigenvalue weighted by atomic mass is 16.3. The fraction of sp³-hybridized carbons (Fsp3) is 0.440. The van der Waals surface area contributed by atoms with Crippen molar-refractivity contribution in [3.63, 3.8) is 0 Å². The summed E-state index contributed by atoms with van der Waals surface area (Å²) in [5.41, 5.74) is 4.59. The van der Waals surface area contributed by atoms with Crippen LogP contribution >= 0.6 is 0 Å². The normalized spacial score (nSPS) is 16.6. The number of fused-ring (bicyclic) bond motifs is 1. The highest BCUT2D eigenvalue weighted by Gasteiger charge is 2.26. The van der Waals surface area contributed by atoms with Crippen LogP contribution in [0.15, 0.2) is 41.3 Å². The van der Waals surface area contributed by atoms with Gasteiger partial charge in [-0.2, -0.15) is 0 Å². The van der Waals surface area contributed by atoms with Crippen molar-refractivity contribution >= 4 is 5.65 Å². The lowest BCUT2D eigenvalue weighted by Crippen LogP contribution is -2.37. The number of aromatic nitrogens is 2. The van der Waals surface area contributed by atoms with Gasteiger partial charge in [-0.05, 0) is 76.2 Å². The van der Waals surface area contributed by atoms with Crippen LogP contribution in [0.3, 0.4) is 0 Å². The summed E-state index contributed by atoms with van der Waals surface area (Å²) in [4.78, 5) is 19.8. The largest absolute Gasteiger partial charge is 0.504 e. The zero-order valence-electron chi connectivity index (χ0n) is 18.5. The predicted octanol–water partition coefficient (Wildman–Crippen LogP) is 3.31. The molecule has 4 rings (SSSR count). The monoisotopic (exact) mass is 421 g/mol. The molecule has 6 heteroatoms. The first-order valence-electron chi connectivity index (χ1n) is 11.0. The third-order valence-corrected chi connectivity index (χ3v) is 6.52. The second-order valence-corrected chi connectivity index (χ2v) is 8.86. The molecule has 0 saturated carbocycles. The van der Waals surface area contributed by atoms with E-state index < -0.39 is 6.10 Å². The Morgan fingerprint density at radius 3 is 2.45 bits per heavy atom. The molecule has 0 aliphatic carbocycles. The minimum absolute atomic E-state index is 0.0287. The molecule has 0 amide bonds. The topological polar surface area (TPSA) is 78.1 Å². The minimum Gasteiger partial charge on any atom is -0.504 e. The van der Waals surface area contributed by atoms with E-state index >= 15 is 0 Å². The summed E-state index contributed by atoms with van der Waals surface area (Å²) in [7, 11) is 0. The fourth-order valence-corrected chi connectivity index (χ4v) is 4.58. The smallest absolute Gasteiger partial charge is 0.261 e. The zero-order chi connectivity index (χ0) is 22.1. The Morgan fingerprint density at radius 2 is 1.77 bits per heavy atom. The molecule has 0 bridgehead atoms. The van der Waals surface area contributed by atoms with E-state index in [1.807, 2.05) is 38.1 Å². The molecule has 6 nitrogen and oxygen atoms in total. The summed E-state index contributed by atoms with van der Waals surface area (Å²) in [5.74, 6) is 0.292. The fourth-order valence-electron chi connectivity index (χ4n) is 4.58. The molecule has 1 atom stereocenters. The highest BCUT2D eigenvalue weighted by molar-refractivity contribution is 5.54. The summed E-state index contributed by atoms with van der Waals surface area (Å²) >= 11 is 0. The van der Waals surface area contributed by atoms with Crippen LogP contribution in [-0.2, 0) is 6.42 Å². The molecule has 2 N–H and O–H groups in total. The number of nitrogens with zero attached hydrogens (tertiary/aromatic N) is 3. The number of aromatic hydroxyl groups is 1. The average molecular weight is 422 g/mol. The first-order valence-corrected chi connectivity index (χ1v) is 11.0. The van der Waals surface area contributed by atoms with Gasteiger partial charge in [0.05, 0.1) is 6.10 Å². The second-order valence-electron chi connectivity index (χ2n) is 8.86. The lowest BCUT2D eigenvalue weighted by molar-refractivity contribution is 0.0592. The molecule has 1 saturated heterocycles. The maximum atomic E-state index is 13.0. The Balaban J connectivity index is 1.40. The summed E-state index contributed by atoms with van der Waals surface area (Å²) < 4.78 is 1.46. The van der Waals surface area contributed by atoms with Crippen molar-refractivity contribution in [2.24, 2.45) is 5.92 Å². The first kappa shape index (κ1) is 21.5. The van der Waals surface area contributed by atoms with Crippen molar-refractivity contribution in [1.29, 1.82) is 0 Å². The Labute approximate surface area is 182 Å². The molecule has 0 spiro atoms. The van der Waals surface area contributed by atoms with Crippen molar-refractivity contribution in [2.45, 2.75) is 46.1 Å². The van der Waals surface area contributed by atoms with Gasteiger partial charge in [-0.25, -0.2) is 4.98 Å². The summed E-state index contributed by atoms with van der Waals surface area (Å²) in [6.07, 6.45) is 3.81. The molecule has 3 aromatic rings. The van der Waals surface area contributed by atoms with E-state index in [0.717, 1.165) is 43.6 Å².